The summed E-state index contributed by atoms with van der Waals surface area (Å²) in [6.07, 6.45) is 2.23. The van der Waals surface area contributed by atoms with Crippen LogP contribution in [-0.4, -0.2) is 15.7 Å². The van der Waals surface area contributed by atoms with Crippen molar-refractivity contribution in [3.8, 4) is 0 Å². The highest BCUT2D eigenvalue weighted by atomic mass is 16.2. The molecule has 1 amide bonds. The average molecular weight is 303 g/mol. The van der Waals surface area contributed by atoms with Gasteiger partial charge in [-0.2, -0.15) is 5.10 Å². The molecule has 0 saturated heterocycles. The van der Waals surface area contributed by atoms with Crippen molar-refractivity contribution in [2.45, 2.75) is 54.5 Å². The molecule has 1 heterocycles. The van der Waals surface area contributed by atoms with Crippen LogP contribution in [0.5, 0.6) is 0 Å². The first-order valence-electron chi connectivity index (χ1n) is 8.02. The summed E-state index contributed by atoms with van der Waals surface area (Å²) in [5, 5.41) is 7.63. The second kappa shape index (κ2) is 5.56. The zero-order valence-electron chi connectivity index (χ0n) is 15.1. The highest BCUT2D eigenvalue weighted by Crippen LogP contribution is 2.59. The van der Waals surface area contributed by atoms with Crippen molar-refractivity contribution in [2.75, 3.05) is 0 Å². The van der Waals surface area contributed by atoms with Crippen molar-refractivity contribution in [3.63, 3.8) is 0 Å². The Morgan fingerprint density at radius 1 is 1.36 bits per heavy atom. The quantitative estimate of drug-likeness (QED) is 0.866. The molecular weight excluding hydrogens is 274 g/mol. The molecule has 0 radical (unpaired) electrons. The molecule has 3 atom stereocenters. The molecule has 1 saturated carbocycles. The van der Waals surface area contributed by atoms with E-state index < -0.39 is 0 Å². The fraction of sp³-hybridized carbons (Fsp3) is 0.667. The molecule has 1 aromatic heterocycles. The summed E-state index contributed by atoms with van der Waals surface area (Å²) < 4.78 is 1.88. The largest absolute Gasteiger partial charge is 0.349 e. The van der Waals surface area contributed by atoms with E-state index in [1.165, 1.54) is 5.57 Å². The van der Waals surface area contributed by atoms with Gasteiger partial charge >= 0.3 is 0 Å². The third kappa shape index (κ3) is 2.83. The number of amides is 1. The van der Waals surface area contributed by atoms with Gasteiger partial charge in [0.25, 0.3) is 0 Å². The third-order valence-corrected chi connectivity index (χ3v) is 5.06. The predicted octanol–water partition coefficient (Wildman–Crippen LogP) is 3.45. The number of nitrogens with zero attached hydrogens (tertiary/aromatic N) is 2. The van der Waals surface area contributed by atoms with E-state index in [1.54, 1.807) is 0 Å². The van der Waals surface area contributed by atoms with E-state index in [-0.39, 0.29) is 23.3 Å². The van der Waals surface area contributed by atoms with Crippen LogP contribution in [0.3, 0.4) is 0 Å². The monoisotopic (exact) mass is 303 g/mol. The van der Waals surface area contributed by atoms with Crippen LogP contribution in [0.1, 0.15) is 57.6 Å². The maximum Gasteiger partial charge on any atom is 0.224 e. The van der Waals surface area contributed by atoms with E-state index in [0.717, 1.165) is 17.0 Å². The first-order chi connectivity index (χ1) is 10.1. The number of rotatable bonds is 4. The Kier molecular flexibility index (Phi) is 4.24. The van der Waals surface area contributed by atoms with Gasteiger partial charge in [-0.15, -0.1) is 0 Å². The molecule has 1 aliphatic carbocycles. The van der Waals surface area contributed by atoms with Crippen molar-refractivity contribution in [2.24, 2.45) is 24.3 Å². The van der Waals surface area contributed by atoms with Crippen LogP contribution in [0.15, 0.2) is 11.6 Å². The lowest BCUT2D eigenvalue weighted by Gasteiger charge is -2.15. The van der Waals surface area contributed by atoms with E-state index >= 15 is 0 Å². The highest BCUT2D eigenvalue weighted by molar-refractivity contribution is 5.84. The lowest BCUT2D eigenvalue weighted by molar-refractivity contribution is -0.123. The van der Waals surface area contributed by atoms with Crippen LogP contribution < -0.4 is 5.32 Å². The first-order valence-corrected chi connectivity index (χ1v) is 8.02. The second-order valence-electron chi connectivity index (χ2n) is 7.51. The molecule has 122 valence electrons. The van der Waals surface area contributed by atoms with Gasteiger partial charge in [0.15, 0.2) is 0 Å². The molecule has 22 heavy (non-hydrogen) atoms. The molecule has 0 aliphatic heterocycles. The number of aromatic nitrogens is 2. The molecule has 1 aromatic rings. The highest BCUT2D eigenvalue weighted by Gasteiger charge is 2.60. The van der Waals surface area contributed by atoms with Gasteiger partial charge in [-0.1, -0.05) is 25.5 Å². The first kappa shape index (κ1) is 16.8. The van der Waals surface area contributed by atoms with Gasteiger partial charge in [-0.05, 0) is 46.0 Å². The SMILES string of the molecule is CC(C)=CC1C(C(=O)NC(C)c2c(C)nn(C)c2C)C1(C)C. The van der Waals surface area contributed by atoms with Crippen molar-refractivity contribution in [1.82, 2.24) is 15.1 Å². The summed E-state index contributed by atoms with van der Waals surface area (Å²) in [7, 11) is 1.94. The second-order valence-corrected chi connectivity index (χ2v) is 7.51. The summed E-state index contributed by atoms with van der Waals surface area (Å²) in [5.74, 6) is 0.575. The van der Waals surface area contributed by atoms with Crippen LogP contribution in [0, 0.1) is 31.1 Å². The minimum Gasteiger partial charge on any atom is -0.349 e. The molecule has 1 fully saturated rings. The minimum atomic E-state index is -0.00930. The minimum absolute atomic E-state index is 0.00930. The standard InChI is InChI=1S/C18H29N3O/c1-10(2)9-14-16(18(14,6)7)17(22)19-11(3)15-12(4)20-21(8)13(15)5/h9,11,14,16H,1-8H3,(H,19,22). The predicted molar refractivity (Wildman–Crippen MR) is 89.4 cm³/mol. The molecule has 3 unspecified atom stereocenters. The molecular formula is C18H29N3O. The zero-order chi connectivity index (χ0) is 16.8. The Labute approximate surface area is 134 Å². The van der Waals surface area contributed by atoms with Crippen molar-refractivity contribution >= 4 is 5.91 Å². The zero-order valence-corrected chi connectivity index (χ0v) is 15.1. The van der Waals surface area contributed by atoms with Gasteiger partial charge in [-0.3, -0.25) is 9.48 Å². The summed E-state index contributed by atoms with van der Waals surface area (Å²) in [5.41, 5.74) is 4.57. The number of allylic oxidation sites excluding steroid dienone is 2. The third-order valence-electron chi connectivity index (χ3n) is 5.06. The van der Waals surface area contributed by atoms with E-state index in [0.29, 0.717) is 5.92 Å². The number of hydrogen-bond donors (Lipinski definition) is 1. The van der Waals surface area contributed by atoms with E-state index in [1.807, 2.05) is 32.5 Å². The molecule has 0 spiro atoms. The number of hydrogen-bond acceptors (Lipinski definition) is 2. The molecule has 0 aromatic carbocycles. The van der Waals surface area contributed by atoms with Gasteiger partial charge in [0.05, 0.1) is 17.7 Å². The molecule has 0 bridgehead atoms. The lowest BCUT2D eigenvalue weighted by Crippen LogP contribution is -2.30. The van der Waals surface area contributed by atoms with Crippen molar-refractivity contribution in [3.05, 3.63) is 28.6 Å². The van der Waals surface area contributed by atoms with Crippen molar-refractivity contribution in [1.29, 1.82) is 0 Å². The number of nitrogens with one attached hydrogen (secondary N) is 1. The van der Waals surface area contributed by atoms with Gasteiger partial charge in [0.1, 0.15) is 0 Å². The summed E-state index contributed by atoms with van der Waals surface area (Å²) in [4.78, 5) is 12.7. The number of carbonyl (C=O) groups is 1. The Morgan fingerprint density at radius 2 is 1.95 bits per heavy atom. The van der Waals surface area contributed by atoms with Gasteiger partial charge in [0.2, 0.25) is 5.91 Å². The molecule has 1 N–H and O–H groups in total. The molecule has 4 heteroatoms. The average Bonchev–Trinajstić information content (AvgIpc) is 2.77. The van der Waals surface area contributed by atoms with Crippen LogP contribution in [0.2, 0.25) is 0 Å². The summed E-state index contributed by atoms with van der Waals surface area (Å²) in [6, 6.07) is -0.00930. The topological polar surface area (TPSA) is 46.9 Å². The maximum absolute atomic E-state index is 12.7. The van der Waals surface area contributed by atoms with Crippen LogP contribution in [-0.2, 0) is 11.8 Å². The van der Waals surface area contributed by atoms with Gasteiger partial charge < -0.3 is 5.32 Å². The maximum atomic E-state index is 12.7. The van der Waals surface area contributed by atoms with Crippen LogP contribution in [0.4, 0.5) is 0 Å². The van der Waals surface area contributed by atoms with Crippen LogP contribution >= 0.6 is 0 Å². The molecule has 1 aliphatic rings. The van der Waals surface area contributed by atoms with Crippen LogP contribution in [0.25, 0.3) is 0 Å². The fourth-order valence-corrected chi connectivity index (χ4v) is 3.64. The van der Waals surface area contributed by atoms with E-state index in [4.69, 9.17) is 0 Å². The summed E-state index contributed by atoms with van der Waals surface area (Å²) >= 11 is 0. The van der Waals surface area contributed by atoms with Crippen molar-refractivity contribution < 1.29 is 4.79 Å². The normalized spacial score (nSPS) is 23.8. The fourth-order valence-electron chi connectivity index (χ4n) is 3.64. The Balaban J connectivity index is 2.11. The van der Waals surface area contributed by atoms with E-state index in [9.17, 15) is 4.79 Å². The Morgan fingerprint density at radius 3 is 2.41 bits per heavy atom. The lowest BCUT2D eigenvalue weighted by atomic mass is 10.1. The van der Waals surface area contributed by atoms with Gasteiger partial charge in [0, 0.05) is 18.3 Å². The van der Waals surface area contributed by atoms with Gasteiger partial charge in [-0.25, -0.2) is 0 Å². The molecule has 2 rings (SSSR count). The Bertz CT molecular complexity index is 621. The smallest absolute Gasteiger partial charge is 0.224 e. The Hall–Kier alpha value is -1.58. The van der Waals surface area contributed by atoms with E-state index in [2.05, 4.69) is 44.2 Å². The number of carbonyl (C=O) groups excluding carboxylic acids is 1. The summed E-state index contributed by atoms with van der Waals surface area (Å²) in [6.45, 7) is 14.6. The molecule has 4 nitrogen and oxygen atoms in total. The number of aryl methyl sites for hydroxylation is 2.